The van der Waals surface area contributed by atoms with Crippen LogP contribution in [0, 0.1) is 0 Å². The molecule has 3 nitrogen and oxygen atoms in total. The van der Waals surface area contributed by atoms with E-state index in [2.05, 4.69) is 30.3 Å². The summed E-state index contributed by atoms with van der Waals surface area (Å²) in [5.41, 5.74) is 4.21. The molecule has 0 atom stereocenters. The van der Waals surface area contributed by atoms with Gasteiger partial charge in [-0.15, -0.1) is 0 Å². The first-order valence-corrected chi connectivity index (χ1v) is 8.39. The molecule has 0 unspecified atom stereocenters. The summed E-state index contributed by atoms with van der Waals surface area (Å²) in [5.74, 6) is 2.09. The molecule has 0 aromatic heterocycles. The van der Waals surface area contributed by atoms with Crippen molar-refractivity contribution >= 4 is 11.6 Å². The smallest absolute Gasteiger partial charge is 0.133 e. The molecule has 0 radical (unpaired) electrons. The summed E-state index contributed by atoms with van der Waals surface area (Å²) in [7, 11) is 4.93. The highest BCUT2D eigenvalue weighted by Crippen LogP contribution is 2.38. The van der Waals surface area contributed by atoms with Crippen LogP contribution in [0.2, 0.25) is 0 Å². The van der Waals surface area contributed by atoms with Crippen LogP contribution in [0.15, 0.2) is 72.8 Å². The standard InChI is InChI=1S/C23H22O3/c1-24-19-14-22(25-2)21(23(15-19)26-3)16-20(17-10-6-4-7-11-17)18-12-8-5-9-13-18/h4-16H,1-3H3. The molecule has 0 amide bonds. The third kappa shape index (κ3) is 3.72. The van der Waals surface area contributed by atoms with Gasteiger partial charge in [-0.3, -0.25) is 0 Å². The van der Waals surface area contributed by atoms with Crippen molar-refractivity contribution in [3.63, 3.8) is 0 Å². The molecule has 0 fully saturated rings. The van der Waals surface area contributed by atoms with Gasteiger partial charge in [0.25, 0.3) is 0 Å². The predicted molar refractivity (Wildman–Crippen MR) is 106 cm³/mol. The highest BCUT2D eigenvalue weighted by molar-refractivity contribution is 5.93. The van der Waals surface area contributed by atoms with Crippen LogP contribution in [0.25, 0.3) is 11.6 Å². The lowest BCUT2D eigenvalue weighted by atomic mass is 9.95. The molecule has 26 heavy (non-hydrogen) atoms. The summed E-state index contributed by atoms with van der Waals surface area (Å²) in [6.45, 7) is 0. The molecule has 3 aromatic rings. The number of hydrogen-bond donors (Lipinski definition) is 0. The van der Waals surface area contributed by atoms with Crippen LogP contribution in [-0.4, -0.2) is 21.3 Å². The summed E-state index contributed by atoms with van der Waals surface area (Å²) in [6.07, 6.45) is 2.10. The van der Waals surface area contributed by atoms with Crippen molar-refractivity contribution in [1.29, 1.82) is 0 Å². The fraction of sp³-hybridized carbons (Fsp3) is 0.130. The lowest BCUT2D eigenvalue weighted by Crippen LogP contribution is -1.96. The van der Waals surface area contributed by atoms with Crippen LogP contribution in [-0.2, 0) is 0 Å². The molecule has 0 N–H and O–H groups in total. The van der Waals surface area contributed by atoms with Crippen molar-refractivity contribution in [3.05, 3.63) is 89.5 Å². The van der Waals surface area contributed by atoms with Gasteiger partial charge in [-0.25, -0.2) is 0 Å². The van der Waals surface area contributed by atoms with E-state index in [-0.39, 0.29) is 0 Å². The average Bonchev–Trinajstić information content (AvgIpc) is 2.72. The Morgan fingerprint density at radius 3 is 1.50 bits per heavy atom. The Kier molecular flexibility index (Phi) is 5.59. The molecule has 0 aliphatic carbocycles. The molecule has 0 aliphatic rings. The minimum atomic E-state index is 0.692. The van der Waals surface area contributed by atoms with E-state index in [1.165, 1.54) is 0 Å². The Morgan fingerprint density at radius 2 is 1.12 bits per heavy atom. The maximum atomic E-state index is 5.60. The van der Waals surface area contributed by atoms with Crippen LogP contribution in [0.5, 0.6) is 17.2 Å². The summed E-state index contributed by atoms with van der Waals surface area (Å²) in [4.78, 5) is 0. The fourth-order valence-electron chi connectivity index (χ4n) is 2.89. The zero-order chi connectivity index (χ0) is 18.4. The second-order valence-corrected chi connectivity index (χ2v) is 5.74. The van der Waals surface area contributed by atoms with Crippen molar-refractivity contribution in [2.24, 2.45) is 0 Å². The van der Waals surface area contributed by atoms with Crippen LogP contribution < -0.4 is 14.2 Å². The van der Waals surface area contributed by atoms with Crippen molar-refractivity contribution in [2.75, 3.05) is 21.3 Å². The van der Waals surface area contributed by atoms with Gasteiger partial charge in [0.15, 0.2) is 0 Å². The van der Waals surface area contributed by atoms with E-state index in [9.17, 15) is 0 Å². The van der Waals surface area contributed by atoms with Crippen molar-refractivity contribution in [2.45, 2.75) is 0 Å². The lowest BCUT2D eigenvalue weighted by molar-refractivity contribution is 0.374. The first-order chi connectivity index (χ1) is 12.8. The van der Waals surface area contributed by atoms with E-state index in [4.69, 9.17) is 14.2 Å². The normalized spacial score (nSPS) is 10.1. The molecule has 0 saturated carbocycles. The second-order valence-electron chi connectivity index (χ2n) is 5.74. The quantitative estimate of drug-likeness (QED) is 0.567. The number of benzene rings is 3. The molecule has 3 aromatic carbocycles. The highest BCUT2D eigenvalue weighted by atomic mass is 16.5. The molecule has 132 valence electrons. The van der Waals surface area contributed by atoms with E-state index in [1.807, 2.05) is 48.5 Å². The van der Waals surface area contributed by atoms with Crippen molar-refractivity contribution in [1.82, 2.24) is 0 Å². The summed E-state index contributed by atoms with van der Waals surface area (Å²) in [5, 5.41) is 0. The molecule has 3 rings (SSSR count). The first-order valence-electron chi connectivity index (χ1n) is 8.39. The maximum absolute atomic E-state index is 5.60. The Morgan fingerprint density at radius 1 is 0.654 bits per heavy atom. The minimum absolute atomic E-state index is 0.692. The molecular weight excluding hydrogens is 324 g/mol. The second kappa shape index (κ2) is 8.26. The summed E-state index contributed by atoms with van der Waals surface area (Å²) >= 11 is 0. The van der Waals surface area contributed by atoms with Crippen molar-refractivity contribution < 1.29 is 14.2 Å². The summed E-state index contributed by atoms with van der Waals surface area (Å²) < 4.78 is 16.5. The molecule has 0 aliphatic heterocycles. The van der Waals surface area contributed by atoms with Gasteiger partial charge < -0.3 is 14.2 Å². The number of rotatable bonds is 6. The fourth-order valence-corrected chi connectivity index (χ4v) is 2.89. The number of methoxy groups -OCH3 is 3. The Hall–Kier alpha value is -3.20. The average molecular weight is 346 g/mol. The van der Waals surface area contributed by atoms with Crippen LogP contribution in [0.4, 0.5) is 0 Å². The monoisotopic (exact) mass is 346 g/mol. The van der Waals surface area contributed by atoms with Gasteiger partial charge in [-0.1, -0.05) is 60.7 Å². The molecule has 0 bridgehead atoms. The van der Waals surface area contributed by atoms with Gasteiger partial charge in [-0.05, 0) is 22.8 Å². The van der Waals surface area contributed by atoms with Gasteiger partial charge >= 0.3 is 0 Å². The van der Waals surface area contributed by atoms with Gasteiger partial charge in [0.2, 0.25) is 0 Å². The highest BCUT2D eigenvalue weighted by Gasteiger charge is 2.14. The first kappa shape index (κ1) is 17.6. The SMILES string of the molecule is COc1cc(OC)c(C=C(c2ccccc2)c2ccccc2)c(OC)c1. The Balaban J connectivity index is 2.24. The van der Waals surface area contributed by atoms with E-state index >= 15 is 0 Å². The van der Waals surface area contributed by atoms with Gasteiger partial charge in [0.1, 0.15) is 17.2 Å². The van der Waals surface area contributed by atoms with Gasteiger partial charge in [-0.2, -0.15) is 0 Å². The van der Waals surface area contributed by atoms with Crippen molar-refractivity contribution in [3.8, 4) is 17.2 Å². The molecule has 0 saturated heterocycles. The van der Waals surface area contributed by atoms with E-state index in [0.29, 0.717) is 17.2 Å². The largest absolute Gasteiger partial charge is 0.496 e. The van der Waals surface area contributed by atoms with Crippen LogP contribution >= 0.6 is 0 Å². The lowest BCUT2D eigenvalue weighted by Gasteiger charge is -2.15. The predicted octanol–water partition coefficient (Wildman–Crippen LogP) is 5.30. The Labute approximate surface area is 154 Å². The van der Waals surface area contributed by atoms with E-state index in [0.717, 1.165) is 22.3 Å². The number of hydrogen-bond acceptors (Lipinski definition) is 3. The van der Waals surface area contributed by atoms with Crippen LogP contribution in [0.1, 0.15) is 16.7 Å². The molecular formula is C23H22O3. The van der Waals surface area contributed by atoms with Gasteiger partial charge in [0.05, 0.1) is 26.9 Å². The third-order valence-corrected chi connectivity index (χ3v) is 4.21. The third-order valence-electron chi connectivity index (χ3n) is 4.21. The van der Waals surface area contributed by atoms with E-state index in [1.54, 1.807) is 21.3 Å². The summed E-state index contributed by atoms with van der Waals surface area (Å²) in [6, 6.07) is 24.3. The number of ether oxygens (including phenoxy) is 3. The van der Waals surface area contributed by atoms with E-state index < -0.39 is 0 Å². The molecule has 3 heteroatoms. The zero-order valence-electron chi connectivity index (χ0n) is 15.2. The maximum Gasteiger partial charge on any atom is 0.133 e. The topological polar surface area (TPSA) is 27.7 Å². The molecule has 0 spiro atoms. The van der Waals surface area contributed by atoms with Gasteiger partial charge in [0, 0.05) is 12.1 Å². The molecule has 0 heterocycles. The Bertz CT molecular complexity index is 817. The zero-order valence-corrected chi connectivity index (χ0v) is 15.2. The van der Waals surface area contributed by atoms with Crippen LogP contribution in [0.3, 0.4) is 0 Å². The minimum Gasteiger partial charge on any atom is -0.496 e.